The van der Waals surface area contributed by atoms with Gasteiger partial charge in [0.05, 0.1) is 4.90 Å². The van der Waals surface area contributed by atoms with Crippen molar-refractivity contribution < 1.29 is 22.4 Å². The molecule has 0 saturated carbocycles. The van der Waals surface area contributed by atoms with Crippen LogP contribution in [0.4, 0.5) is 0 Å². The molecule has 0 radical (unpaired) electrons. The standard InChI is InChI=1S/C21H26N2O5S/c1-14-12-19(16(3)28-14)13-22-21(25)18-8-10-23(11-9-18)29(26,27)20-6-4-17(5-7-20)15(2)24/h4-7,12,18H,8-11,13H2,1-3H3,(H,22,25). The summed E-state index contributed by atoms with van der Waals surface area (Å²) in [5.74, 6) is 1.21. The second-order valence-electron chi connectivity index (χ2n) is 7.42. The van der Waals surface area contributed by atoms with Gasteiger partial charge in [0.2, 0.25) is 15.9 Å². The summed E-state index contributed by atoms with van der Waals surface area (Å²) in [7, 11) is -3.63. The Morgan fingerprint density at radius 1 is 1.14 bits per heavy atom. The number of amides is 1. The van der Waals surface area contributed by atoms with Crippen molar-refractivity contribution in [3.63, 3.8) is 0 Å². The number of aryl methyl sites for hydroxylation is 2. The summed E-state index contributed by atoms with van der Waals surface area (Å²) in [6, 6.07) is 7.87. The smallest absolute Gasteiger partial charge is 0.243 e. The summed E-state index contributed by atoms with van der Waals surface area (Å²) in [5.41, 5.74) is 1.42. The molecule has 0 spiro atoms. The number of nitrogens with zero attached hydrogens (tertiary/aromatic N) is 1. The molecule has 1 saturated heterocycles. The number of benzene rings is 1. The molecular formula is C21H26N2O5S. The van der Waals surface area contributed by atoms with E-state index in [2.05, 4.69) is 5.32 Å². The monoisotopic (exact) mass is 418 g/mol. The van der Waals surface area contributed by atoms with Crippen LogP contribution in [0.25, 0.3) is 0 Å². The lowest BCUT2D eigenvalue weighted by atomic mass is 9.97. The first kappa shape index (κ1) is 21.3. The highest BCUT2D eigenvalue weighted by molar-refractivity contribution is 7.89. The first-order valence-corrected chi connectivity index (χ1v) is 11.1. The van der Waals surface area contributed by atoms with Crippen molar-refractivity contribution in [1.82, 2.24) is 9.62 Å². The van der Waals surface area contributed by atoms with Gasteiger partial charge in [-0.3, -0.25) is 9.59 Å². The Hall–Kier alpha value is -2.45. The Morgan fingerprint density at radius 2 is 1.76 bits per heavy atom. The highest BCUT2D eigenvalue weighted by Crippen LogP contribution is 2.24. The van der Waals surface area contributed by atoms with Gasteiger partial charge in [-0.05, 0) is 51.8 Å². The van der Waals surface area contributed by atoms with Gasteiger partial charge in [0, 0.05) is 36.7 Å². The van der Waals surface area contributed by atoms with Crippen LogP contribution in [0.3, 0.4) is 0 Å². The summed E-state index contributed by atoms with van der Waals surface area (Å²) in [6.07, 6.45) is 0.944. The quantitative estimate of drug-likeness (QED) is 0.728. The van der Waals surface area contributed by atoms with E-state index < -0.39 is 10.0 Å². The first-order chi connectivity index (χ1) is 13.7. The first-order valence-electron chi connectivity index (χ1n) is 9.63. The van der Waals surface area contributed by atoms with Crippen LogP contribution in [0.15, 0.2) is 39.6 Å². The number of carbonyl (C=O) groups is 2. The average Bonchev–Trinajstić information content (AvgIpc) is 3.03. The lowest BCUT2D eigenvalue weighted by molar-refractivity contribution is -0.126. The van der Waals surface area contributed by atoms with E-state index in [0.717, 1.165) is 17.1 Å². The molecule has 2 heterocycles. The normalized spacial score (nSPS) is 16.0. The predicted molar refractivity (Wildman–Crippen MR) is 108 cm³/mol. The average molecular weight is 419 g/mol. The Morgan fingerprint density at radius 3 is 2.28 bits per heavy atom. The highest BCUT2D eigenvalue weighted by Gasteiger charge is 2.32. The minimum atomic E-state index is -3.63. The summed E-state index contributed by atoms with van der Waals surface area (Å²) >= 11 is 0. The van der Waals surface area contributed by atoms with Gasteiger partial charge in [-0.1, -0.05) is 12.1 Å². The molecule has 1 aliphatic heterocycles. The van der Waals surface area contributed by atoms with Crippen LogP contribution in [0.2, 0.25) is 0 Å². The van der Waals surface area contributed by atoms with Crippen molar-refractivity contribution in [3.8, 4) is 0 Å². The number of hydrogen-bond acceptors (Lipinski definition) is 5. The summed E-state index contributed by atoms with van der Waals surface area (Å²) < 4.78 is 32.5. The van der Waals surface area contributed by atoms with E-state index in [0.29, 0.717) is 38.0 Å². The van der Waals surface area contributed by atoms with E-state index >= 15 is 0 Å². The number of rotatable bonds is 6. The largest absolute Gasteiger partial charge is 0.466 e. The van der Waals surface area contributed by atoms with Crippen LogP contribution in [-0.2, 0) is 21.4 Å². The van der Waals surface area contributed by atoms with Gasteiger partial charge in [-0.25, -0.2) is 8.42 Å². The molecule has 7 nitrogen and oxygen atoms in total. The van der Waals surface area contributed by atoms with Gasteiger partial charge in [-0.2, -0.15) is 4.31 Å². The van der Waals surface area contributed by atoms with Crippen LogP contribution in [0.1, 0.15) is 47.2 Å². The minimum Gasteiger partial charge on any atom is -0.466 e. The lowest BCUT2D eigenvalue weighted by Gasteiger charge is -2.30. The maximum atomic E-state index is 12.8. The number of hydrogen-bond donors (Lipinski definition) is 1. The Kier molecular flexibility index (Phi) is 6.24. The predicted octanol–water partition coefficient (Wildman–Crippen LogP) is 2.82. The van der Waals surface area contributed by atoms with Crippen LogP contribution in [-0.4, -0.2) is 37.5 Å². The molecule has 0 bridgehead atoms. The second kappa shape index (κ2) is 8.51. The SMILES string of the molecule is CC(=O)c1ccc(S(=O)(=O)N2CCC(C(=O)NCc3cc(C)oc3C)CC2)cc1. The molecule has 1 aliphatic rings. The molecule has 3 rings (SSSR count). The summed E-state index contributed by atoms with van der Waals surface area (Å²) in [5, 5.41) is 2.93. The molecule has 156 valence electrons. The molecule has 1 amide bonds. The van der Waals surface area contributed by atoms with E-state index in [9.17, 15) is 18.0 Å². The topological polar surface area (TPSA) is 96.7 Å². The fraction of sp³-hybridized carbons (Fsp3) is 0.429. The van der Waals surface area contributed by atoms with E-state index in [-0.39, 0.29) is 22.5 Å². The van der Waals surface area contributed by atoms with E-state index in [1.807, 2.05) is 19.9 Å². The number of sulfonamides is 1. The van der Waals surface area contributed by atoms with Gasteiger partial charge in [0.25, 0.3) is 0 Å². The molecule has 0 atom stereocenters. The molecule has 1 aromatic carbocycles. The van der Waals surface area contributed by atoms with Crippen molar-refractivity contribution in [2.45, 2.75) is 45.1 Å². The van der Waals surface area contributed by atoms with Crippen LogP contribution in [0, 0.1) is 19.8 Å². The molecule has 2 aromatic rings. The highest BCUT2D eigenvalue weighted by atomic mass is 32.2. The second-order valence-corrected chi connectivity index (χ2v) is 9.35. The number of ketones is 1. The van der Waals surface area contributed by atoms with Crippen LogP contribution < -0.4 is 5.32 Å². The van der Waals surface area contributed by atoms with Gasteiger partial charge in [0.1, 0.15) is 11.5 Å². The maximum absolute atomic E-state index is 12.8. The number of nitrogens with one attached hydrogen (secondary N) is 1. The van der Waals surface area contributed by atoms with Gasteiger partial charge in [0.15, 0.2) is 5.78 Å². The lowest BCUT2D eigenvalue weighted by Crippen LogP contribution is -2.42. The van der Waals surface area contributed by atoms with Gasteiger partial charge in [-0.15, -0.1) is 0 Å². The van der Waals surface area contributed by atoms with E-state index in [1.165, 1.54) is 35.5 Å². The Labute approximate surface area is 171 Å². The fourth-order valence-electron chi connectivity index (χ4n) is 3.55. The van der Waals surface area contributed by atoms with Crippen molar-refractivity contribution in [3.05, 3.63) is 53.0 Å². The molecule has 1 fully saturated rings. The zero-order valence-electron chi connectivity index (χ0n) is 16.9. The fourth-order valence-corrected chi connectivity index (χ4v) is 5.02. The van der Waals surface area contributed by atoms with E-state index in [1.54, 1.807) is 0 Å². The third kappa shape index (κ3) is 4.76. The van der Waals surface area contributed by atoms with Crippen molar-refractivity contribution in [1.29, 1.82) is 0 Å². The maximum Gasteiger partial charge on any atom is 0.243 e. The van der Waals surface area contributed by atoms with Crippen molar-refractivity contribution >= 4 is 21.7 Å². The van der Waals surface area contributed by atoms with Crippen LogP contribution in [0.5, 0.6) is 0 Å². The summed E-state index contributed by atoms with van der Waals surface area (Å²) in [4.78, 5) is 24.0. The molecule has 1 aromatic heterocycles. The number of piperidine rings is 1. The summed E-state index contributed by atoms with van der Waals surface area (Å²) in [6.45, 7) is 6.15. The van der Waals surface area contributed by atoms with Gasteiger partial charge < -0.3 is 9.73 Å². The Balaban J connectivity index is 1.57. The molecule has 29 heavy (non-hydrogen) atoms. The number of Topliss-reactive ketones (excluding diaryl/α,β-unsaturated/α-hetero) is 1. The third-order valence-electron chi connectivity index (χ3n) is 5.32. The van der Waals surface area contributed by atoms with Crippen molar-refractivity contribution in [2.75, 3.05) is 13.1 Å². The zero-order chi connectivity index (χ0) is 21.2. The molecule has 0 aliphatic carbocycles. The number of carbonyl (C=O) groups excluding carboxylic acids is 2. The molecule has 8 heteroatoms. The Bertz CT molecular complexity index is 1000. The van der Waals surface area contributed by atoms with Crippen LogP contribution >= 0.6 is 0 Å². The minimum absolute atomic E-state index is 0.0638. The zero-order valence-corrected chi connectivity index (χ0v) is 17.7. The molecule has 1 N–H and O–H groups in total. The number of furan rings is 1. The molecular weight excluding hydrogens is 392 g/mol. The van der Waals surface area contributed by atoms with E-state index in [4.69, 9.17) is 4.42 Å². The van der Waals surface area contributed by atoms with Gasteiger partial charge >= 0.3 is 0 Å². The molecule has 0 unspecified atom stereocenters. The third-order valence-corrected chi connectivity index (χ3v) is 7.23. The van der Waals surface area contributed by atoms with Crippen molar-refractivity contribution in [2.24, 2.45) is 5.92 Å².